The highest BCUT2D eigenvalue weighted by atomic mass is 17.2. The van der Waals surface area contributed by atoms with Gasteiger partial charge in [0, 0.05) is 11.0 Å². The number of ether oxygens (including phenoxy) is 1. The molecule has 0 aliphatic carbocycles. The Morgan fingerprint density at radius 1 is 1.62 bits per heavy atom. The van der Waals surface area contributed by atoms with Crippen molar-refractivity contribution in [1.29, 1.82) is 0 Å². The van der Waals surface area contributed by atoms with E-state index in [-0.39, 0.29) is 5.41 Å². The quantitative estimate of drug-likeness (QED) is 0.374. The molecule has 0 radical (unpaired) electrons. The first kappa shape index (κ1) is 10.2. The van der Waals surface area contributed by atoms with E-state index in [9.17, 15) is 4.79 Å². The maximum atomic E-state index is 10.9. The fourth-order valence-electron chi connectivity index (χ4n) is 0.830. The summed E-state index contributed by atoms with van der Waals surface area (Å²) in [5.74, 6) is -0.524. The molecule has 0 aromatic heterocycles. The second kappa shape index (κ2) is 3.89. The van der Waals surface area contributed by atoms with Crippen molar-refractivity contribution in [2.75, 3.05) is 19.8 Å². The van der Waals surface area contributed by atoms with Crippen LogP contribution in [0.3, 0.4) is 0 Å². The number of hydrogen-bond acceptors (Lipinski definition) is 4. The molecule has 0 spiro atoms. The molecule has 74 valence electrons. The molecule has 1 aliphatic rings. The number of hydrogen-bond donors (Lipinski definition) is 0. The third-order valence-corrected chi connectivity index (χ3v) is 1.79. The van der Waals surface area contributed by atoms with Gasteiger partial charge in [-0.25, -0.2) is 4.79 Å². The van der Waals surface area contributed by atoms with E-state index in [0.717, 1.165) is 0 Å². The number of carbonyl (C=O) groups is 1. The van der Waals surface area contributed by atoms with Crippen LogP contribution in [0.25, 0.3) is 0 Å². The zero-order chi connectivity index (χ0) is 9.90. The minimum atomic E-state index is -0.524. The Hall–Kier alpha value is -0.870. The first-order chi connectivity index (χ1) is 6.03. The van der Waals surface area contributed by atoms with Crippen LogP contribution in [0.15, 0.2) is 12.2 Å². The minimum absolute atomic E-state index is 0.00461. The second-order valence-electron chi connectivity index (χ2n) is 3.72. The molecule has 1 rings (SSSR count). The summed E-state index contributed by atoms with van der Waals surface area (Å²) >= 11 is 0. The maximum absolute atomic E-state index is 10.9. The predicted octanol–water partition coefficient (Wildman–Crippen LogP) is 1.07. The molecule has 0 aromatic carbocycles. The van der Waals surface area contributed by atoms with Crippen molar-refractivity contribution in [2.24, 2.45) is 5.41 Å². The van der Waals surface area contributed by atoms with Gasteiger partial charge in [-0.05, 0) is 6.92 Å². The summed E-state index contributed by atoms with van der Waals surface area (Å²) in [6.45, 7) is 8.67. The van der Waals surface area contributed by atoms with Crippen LogP contribution in [0.5, 0.6) is 0 Å². The molecule has 0 atom stereocenters. The van der Waals surface area contributed by atoms with Crippen molar-refractivity contribution in [2.45, 2.75) is 13.8 Å². The summed E-state index contributed by atoms with van der Waals surface area (Å²) in [5, 5.41) is 0. The van der Waals surface area contributed by atoms with Gasteiger partial charge < -0.3 is 4.74 Å². The Morgan fingerprint density at radius 2 is 2.23 bits per heavy atom. The zero-order valence-corrected chi connectivity index (χ0v) is 7.96. The van der Waals surface area contributed by atoms with Gasteiger partial charge in [0.2, 0.25) is 0 Å². The van der Waals surface area contributed by atoms with Crippen molar-refractivity contribution in [1.82, 2.24) is 0 Å². The molecule has 4 nitrogen and oxygen atoms in total. The lowest BCUT2D eigenvalue weighted by atomic mass is 9.90. The van der Waals surface area contributed by atoms with Crippen molar-refractivity contribution in [3.05, 3.63) is 12.2 Å². The Bertz CT molecular complexity index is 218. The highest BCUT2D eigenvalue weighted by molar-refractivity contribution is 5.86. The van der Waals surface area contributed by atoms with Crippen molar-refractivity contribution in [3.63, 3.8) is 0 Å². The minimum Gasteiger partial charge on any atom is -0.380 e. The smallest absolute Gasteiger partial charge is 0.368 e. The largest absolute Gasteiger partial charge is 0.380 e. The van der Waals surface area contributed by atoms with E-state index in [4.69, 9.17) is 9.62 Å². The summed E-state index contributed by atoms with van der Waals surface area (Å²) in [5.41, 5.74) is 0.324. The normalized spacial score (nSPS) is 18.9. The molecule has 13 heavy (non-hydrogen) atoms. The highest BCUT2D eigenvalue weighted by Crippen LogP contribution is 2.26. The molecule has 0 unspecified atom stereocenters. The molecule has 4 heteroatoms. The van der Waals surface area contributed by atoms with Gasteiger partial charge >= 0.3 is 5.97 Å². The van der Waals surface area contributed by atoms with E-state index in [1.807, 2.05) is 6.92 Å². The van der Waals surface area contributed by atoms with Crippen LogP contribution in [-0.2, 0) is 19.3 Å². The van der Waals surface area contributed by atoms with Gasteiger partial charge in [-0.1, -0.05) is 13.5 Å². The second-order valence-corrected chi connectivity index (χ2v) is 3.72. The zero-order valence-electron chi connectivity index (χ0n) is 7.96. The first-order valence-corrected chi connectivity index (χ1v) is 4.11. The van der Waals surface area contributed by atoms with Crippen LogP contribution < -0.4 is 0 Å². The molecule has 0 aromatic rings. The van der Waals surface area contributed by atoms with Gasteiger partial charge in [-0.2, -0.15) is 4.89 Å². The van der Waals surface area contributed by atoms with E-state index in [2.05, 4.69) is 11.5 Å². The standard InChI is InChI=1S/C9H14O4/c1-7(2)8(10)13-12-6-9(3)4-11-5-9/h1,4-6H2,2-3H3. The molecular formula is C9H14O4. The maximum Gasteiger partial charge on any atom is 0.368 e. The van der Waals surface area contributed by atoms with E-state index >= 15 is 0 Å². The van der Waals surface area contributed by atoms with Gasteiger partial charge in [0.1, 0.15) is 6.61 Å². The molecule has 1 heterocycles. The molecule has 1 aliphatic heterocycles. The third-order valence-electron chi connectivity index (χ3n) is 1.79. The Morgan fingerprint density at radius 3 is 2.62 bits per heavy atom. The Balaban J connectivity index is 2.13. The fourth-order valence-corrected chi connectivity index (χ4v) is 0.830. The van der Waals surface area contributed by atoms with E-state index < -0.39 is 5.97 Å². The van der Waals surface area contributed by atoms with Crippen LogP contribution >= 0.6 is 0 Å². The summed E-state index contributed by atoms with van der Waals surface area (Å²) in [6, 6.07) is 0. The lowest BCUT2D eigenvalue weighted by molar-refractivity contribution is -0.298. The molecule has 0 bridgehead atoms. The van der Waals surface area contributed by atoms with Gasteiger partial charge in [0.25, 0.3) is 0 Å². The molecule has 0 amide bonds. The molecule has 1 fully saturated rings. The van der Waals surface area contributed by atoms with Crippen LogP contribution in [0.4, 0.5) is 0 Å². The Kier molecular flexibility index (Phi) is 3.06. The Labute approximate surface area is 77.4 Å². The molecule has 0 saturated carbocycles. The average Bonchev–Trinajstić information content (AvgIpc) is 2.01. The van der Waals surface area contributed by atoms with Crippen molar-refractivity contribution in [3.8, 4) is 0 Å². The number of carbonyl (C=O) groups excluding carboxylic acids is 1. The number of rotatable bonds is 4. The van der Waals surface area contributed by atoms with Gasteiger partial charge in [0.15, 0.2) is 0 Å². The van der Waals surface area contributed by atoms with Gasteiger partial charge in [0.05, 0.1) is 13.2 Å². The van der Waals surface area contributed by atoms with E-state index in [1.54, 1.807) is 6.92 Å². The van der Waals surface area contributed by atoms with Gasteiger partial charge in [-0.15, -0.1) is 0 Å². The van der Waals surface area contributed by atoms with Crippen LogP contribution in [0.2, 0.25) is 0 Å². The third kappa shape index (κ3) is 2.82. The average molecular weight is 186 g/mol. The lowest BCUT2D eigenvalue weighted by Crippen LogP contribution is -2.43. The topological polar surface area (TPSA) is 44.8 Å². The lowest BCUT2D eigenvalue weighted by Gasteiger charge is -2.36. The van der Waals surface area contributed by atoms with Crippen LogP contribution in [0.1, 0.15) is 13.8 Å². The van der Waals surface area contributed by atoms with Crippen molar-refractivity contribution >= 4 is 5.97 Å². The summed E-state index contributed by atoms with van der Waals surface area (Å²) < 4.78 is 5.00. The SMILES string of the molecule is C=C(C)C(=O)OOCC1(C)COC1. The van der Waals surface area contributed by atoms with Gasteiger partial charge in [-0.3, -0.25) is 4.89 Å². The summed E-state index contributed by atoms with van der Waals surface area (Å²) in [4.78, 5) is 20.1. The van der Waals surface area contributed by atoms with Crippen LogP contribution in [0, 0.1) is 5.41 Å². The molecular weight excluding hydrogens is 172 g/mol. The predicted molar refractivity (Wildman–Crippen MR) is 45.8 cm³/mol. The first-order valence-electron chi connectivity index (χ1n) is 4.11. The monoisotopic (exact) mass is 186 g/mol. The summed E-state index contributed by atoms with van der Waals surface area (Å²) in [6.07, 6.45) is 0. The highest BCUT2D eigenvalue weighted by Gasteiger charge is 2.34. The summed E-state index contributed by atoms with van der Waals surface area (Å²) in [7, 11) is 0. The van der Waals surface area contributed by atoms with E-state index in [1.165, 1.54) is 0 Å². The fraction of sp³-hybridized carbons (Fsp3) is 0.667. The molecule has 0 N–H and O–H groups in total. The molecule has 1 saturated heterocycles. The van der Waals surface area contributed by atoms with Crippen LogP contribution in [-0.4, -0.2) is 25.8 Å². The van der Waals surface area contributed by atoms with E-state index in [0.29, 0.717) is 25.4 Å². The van der Waals surface area contributed by atoms with Crippen molar-refractivity contribution < 1.29 is 19.3 Å².